The summed E-state index contributed by atoms with van der Waals surface area (Å²) < 4.78 is 1.90. The van der Waals surface area contributed by atoms with Crippen molar-refractivity contribution in [3.8, 4) is 5.82 Å². The first-order valence-electron chi connectivity index (χ1n) is 6.27. The van der Waals surface area contributed by atoms with Crippen LogP contribution in [0.25, 0.3) is 5.82 Å². The molecule has 0 aliphatic rings. The van der Waals surface area contributed by atoms with Crippen LogP contribution in [0.15, 0.2) is 11.2 Å². The summed E-state index contributed by atoms with van der Waals surface area (Å²) in [4.78, 5) is 8.91. The molecule has 0 saturated heterocycles. The summed E-state index contributed by atoms with van der Waals surface area (Å²) in [5.74, 6) is 1.61. The maximum absolute atomic E-state index is 4.59. The summed E-state index contributed by atoms with van der Waals surface area (Å²) in [6.45, 7) is 6.27. The number of rotatable bonds is 4. The summed E-state index contributed by atoms with van der Waals surface area (Å²) in [5, 5.41) is 8.40. The van der Waals surface area contributed by atoms with Gasteiger partial charge in [0.05, 0.1) is 5.69 Å². The maximum atomic E-state index is 4.59. The van der Waals surface area contributed by atoms with Crippen LogP contribution in [0.4, 0.5) is 5.82 Å². The first-order chi connectivity index (χ1) is 9.10. The number of aryl methyl sites for hydroxylation is 1. The van der Waals surface area contributed by atoms with Gasteiger partial charge < -0.3 is 5.32 Å². The first-order valence-corrected chi connectivity index (χ1v) is 7.49. The first kappa shape index (κ1) is 13.9. The molecule has 6 heteroatoms. The largest absolute Gasteiger partial charge is 0.373 e. The minimum atomic E-state index is 0.743. The van der Waals surface area contributed by atoms with Crippen LogP contribution in [0, 0.1) is 13.8 Å². The lowest BCUT2D eigenvalue weighted by Crippen LogP contribution is -2.06. The van der Waals surface area contributed by atoms with Gasteiger partial charge in [0.1, 0.15) is 5.82 Å². The van der Waals surface area contributed by atoms with E-state index in [4.69, 9.17) is 0 Å². The van der Waals surface area contributed by atoms with E-state index in [1.165, 1.54) is 17.3 Å². The molecule has 2 rings (SSSR count). The average molecular weight is 277 g/mol. The number of anilines is 1. The van der Waals surface area contributed by atoms with Crippen molar-refractivity contribution in [2.75, 3.05) is 18.6 Å². The molecular weight excluding hydrogens is 258 g/mol. The van der Waals surface area contributed by atoms with Crippen LogP contribution in [0.5, 0.6) is 0 Å². The lowest BCUT2D eigenvalue weighted by molar-refractivity contribution is 0.778. The number of thioether (sulfide) groups is 1. The van der Waals surface area contributed by atoms with Gasteiger partial charge in [-0.2, -0.15) is 5.10 Å². The second-order valence-electron chi connectivity index (χ2n) is 4.26. The Morgan fingerprint density at radius 1 is 1.32 bits per heavy atom. The number of aromatic nitrogens is 4. The van der Waals surface area contributed by atoms with E-state index in [1.54, 1.807) is 0 Å². The van der Waals surface area contributed by atoms with Crippen LogP contribution in [-0.2, 0) is 6.42 Å². The van der Waals surface area contributed by atoms with Crippen LogP contribution in [0.2, 0.25) is 0 Å². The van der Waals surface area contributed by atoms with Crippen LogP contribution in [0.3, 0.4) is 0 Å². The van der Waals surface area contributed by atoms with E-state index in [0.717, 1.165) is 34.6 Å². The molecule has 0 unspecified atom stereocenters. The van der Waals surface area contributed by atoms with Crippen molar-refractivity contribution >= 4 is 17.6 Å². The van der Waals surface area contributed by atoms with Gasteiger partial charge in [0.15, 0.2) is 11.0 Å². The SMILES string of the molecule is CCc1c(C)nn(-c2cc(NC)nc(SC)n2)c1C. The third-order valence-corrected chi connectivity index (χ3v) is 3.69. The monoisotopic (exact) mass is 277 g/mol. The van der Waals surface area contributed by atoms with Crippen molar-refractivity contribution in [2.24, 2.45) is 0 Å². The van der Waals surface area contributed by atoms with Crippen LogP contribution >= 0.6 is 11.8 Å². The van der Waals surface area contributed by atoms with Crippen molar-refractivity contribution in [2.45, 2.75) is 32.3 Å². The fraction of sp³-hybridized carbons (Fsp3) is 0.462. The summed E-state index contributed by atoms with van der Waals surface area (Å²) in [7, 11) is 1.86. The maximum Gasteiger partial charge on any atom is 0.191 e. The van der Waals surface area contributed by atoms with E-state index in [-0.39, 0.29) is 0 Å². The Morgan fingerprint density at radius 2 is 2.05 bits per heavy atom. The Labute approximate surface area is 117 Å². The van der Waals surface area contributed by atoms with E-state index >= 15 is 0 Å². The molecule has 2 aromatic heterocycles. The van der Waals surface area contributed by atoms with Crippen molar-refractivity contribution in [1.82, 2.24) is 19.7 Å². The highest BCUT2D eigenvalue weighted by Gasteiger charge is 2.13. The van der Waals surface area contributed by atoms with Gasteiger partial charge in [-0.05, 0) is 32.1 Å². The number of nitrogens with zero attached hydrogens (tertiary/aromatic N) is 4. The Hall–Kier alpha value is -1.56. The van der Waals surface area contributed by atoms with Crippen molar-refractivity contribution in [3.63, 3.8) is 0 Å². The highest BCUT2D eigenvalue weighted by molar-refractivity contribution is 7.98. The van der Waals surface area contributed by atoms with Gasteiger partial charge in [0.2, 0.25) is 0 Å². The van der Waals surface area contributed by atoms with E-state index in [1.807, 2.05) is 31.0 Å². The van der Waals surface area contributed by atoms with Crippen molar-refractivity contribution < 1.29 is 0 Å². The van der Waals surface area contributed by atoms with Crippen molar-refractivity contribution in [3.05, 3.63) is 23.0 Å². The minimum absolute atomic E-state index is 0.743. The third kappa shape index (κ3) is 2.58. The van der Waals surface area contributed by atoms with Gasteiger partial charge in [-0.15, -0.1) is 0 Å². The summed E-state index contributed by atoms with van der Waals surface area (Å²) in [6, 6.07) is 1.92. The molecule has 0 bridgehead atoms. The molecule has 1 N–H and O–H groups in total. The number of hydrogen-bond donors (Lipinski definition) is 1. The van der Waals surface area contributed by atoms with Crippen LogP contribution < -0.4 is 5.32 Å². The molecule has 2 aromatic rings. The molecule has 0 aromatic carbocycles. The predicted octanol–water partition coefficient (Wildman–Crippen LogP) is 2.61. The van der Waals surface area contributed by atoms with Crippen molar-refractivity contribution in [1.29, 1.82) is 0 Å². The molecule has 0 atom stereocenters. The molecule has 0 radical (unpaired) electrons. The second-order valence-corrected chi connectivity index (χ2v) is 5.04. The van der Waals surface area contributed by atoms with Gasteiger partial charge in [0, 0.05) is 18.8 Å². The lowest BCUT2D eigenvalue weighted by Gasteiger charge is -2.08. The zero-order valence-electron chi connectivity index (χ0n) is 12.0. The fourth-order valence-corrected chi connectivity index (χ4v) is 2.52. The van der Waals surface area contributed by atoms with Gasteiger partial charge in [-0.25, -0.2) is 14.6 Å². The quantitative estimate of drug-likeness (QED) is 0.687. The molecule has 0 amide bonds. The zero-order valence-corrected chi connectivity index (χ0v) is 12.8. The third-order valence-electron chi connectivity index (χ3n) is 3.14. The zero-order chi connectivity index (χ0) is 14.0. The van der Waals surface area contributed by atoms with E-state index < -0.39 is 0 Å². The normalized spacial score (nSPS) is 10.8. The molecule has 5 nitrogen and oxygen atoms in total. The molecular formula is C13H19N5S. The Morgan fingerprint density at radius 3 is 2.58 bits per heavy atom. The average Bonchev–Trinajstić information content (AvgIpc) is 2.72. The Kier molecular flexibility index (Phi) is 4.09. The summed E-state index contributed by atoms with van der Waals surface area (Å²) >= 11 is 1.53. The van der Waals surface area contributed by atoms with Gasteiger partial charge in [-0.3, -0.25) is 0 Å². The number of nitrogens with one attached hydrogen (secondary N) is 1. The van der Waals surface area contributed by atoms with E-state index in [0.29, 0.717) is 0 Å². The van der Waals surface area contributed by atoms with E-state index in [2.05, 4.69) is 34.2 Å². The van der Waals surface area contributed by atoms with Crippen LogP contribution in [0.1, 0.15) is 23.9 Å². The molecule has 0 aliphatic carbocycles. The molecule has 0 aliphatic heterocycles. The summed E-state index contributed by atoms with van der Waals surface area (Å²) in [6.07, 6.45) is 2.95. The number of hydrogen-bond acceptors (Lipinski definition) is 5. The van der Waals surface area contributed by atoms with Crippen LogP contribution in [-0.4, -0.2) is 33.1 Å². The van der Waals surface area contributed by atoms with E-state index in [9.17, 15) is 0 Å². The molecule has 0 spiro atoms. The lowest BCUT2D eigenvalue weighted by atomic mass is 10.1. The second kappa shape index (κ2) is 5.61. The summed E-state index contributed by atoms with van der Waals surface area (Å²) in [5.41, 5.74) is 3.50. The van der Waals surface area contributed by atoms with Gasteiger partial charge >= 0.3 is 0 Å². The Balaban J connectivity index is 2.58. The smallest absolute Gasteiger partial charge is 0.191 e. The standard InChI is InChI=1S/C13H19N5S/c1-6-10-8(2)17-18(9(10)3)12-7-11(14-4)15-13(16-12)19-5/h7H,6H2,1-5H3,(H,14,15,16). The molecule has 102 valence electrons. The highest BCUT2D eigenvalue weighted by Crippen LogP contribution is 2.20. The van der Waals surface area contributed by atoms with Gasteiger partial charge in [0.25, 0.3) is 0 Å². The van der Waals surface area contributed by atoms with Gasteiger partial charge in [-0.1, -0.05) is 18.7 Å². The Bertz CT molecular complexity index is 569. The molecule has 2 heterocycles. The fourth-order valence-electron chi connectivity index (χ4n) is 2.15. The molecule has 19 heavy (non-hydrogen) atoms. The minimum Gasteiger partial charge on any atom is -0.373 e. The topological polar surface area (TPSA) is 55.6 Å². The molecule has 0 fully saturated rings. The molecule has 0 saturated carbocycles. The highest BCUT2D eigenvalue weighted by atomic mass is 32.2. The predicted molar refractivity (Wildman–Crippen MR) is 79.3 cm³/mol.